The second-order valence-corrected chi connectivity index (χ2v) is 8.26. The molecule has 0 bridgehead atoms. The summed E-state index contributed by atoms with van der Waals surface area (Å²) in [6.07, 6.45) is 2.31. The molecule has 1 atom stereocenters. The van der Waals surface area contributed by atoms with Gasteiger partial charge >= 0.3 is 0 Å². The molecule has 2 aromatic heterocycles. The quantitative estimate of drug-likeness (QED) is 0.826. The van der Waals surface area contributed by atoms with Crippen molar-refractivity contribution in [3.05, 3.63) is 46.5 Å². The van der Waals surface area contributed by atoms with E-state index in [-0.39, 0.29) is 17.5 Å². The maximum absolute atomic E-state index is 13.1. The van der Waals surface area contributed by atoms with Crippen LogP contribution in [0.1, 0.15) is 36.9 Å². The first-order valence-electron chi connectivity index (χ1n) is 8.84. The molecular weight excluding hydrogens is 350 g/mol. The van der Waals surface area contributed by atoms with Gasteiger partial charge in [-0.2, -0.15) is 5.10 Å². The fourth-order valence-corrected chi connectivity index (χ4v) is 4.27. The second kappa shape index (κ2) is 6.98. The highest BCUT2D eigenvalue weighted by molar-refractivity contribution is 7.10. The number of amides is 1. The van der Waals surface area contributed by atoms with Gasteiger partial charge in [-0.15, -0.1) is 11.3 Å². The zero-order valence-corrected chi connectivity index (χ0v) is 15.9. The van der Waals surface area contributed by atoms with E-state index in [1.54, 1.807) is 22.6 Å². The van der Waals surface area contributed by atoms with Crippen LogP contribution in [0.2, 0.25) is 0 Å². The Hall–Kier alpha value is -1.96. The highest BCUT2D eigenvalue weighted by Crippen LogP contribution is 2.35. The summed E-state index contributed by atoms with van der Waals surface area (Å²) in [6, 6.07) is 7.75. The molecule has 1 unspecified atom stereocenters. The molecular formula is C19H23N3O3S. The normalized spacial score (nSPS) is 23.2. The predicted octanol–water partition coefficient (Wildman–Crippen LogP) is 3.13. The summed E-state index contributed by atoms with van der Waals surface area (Å²) >= 11 is 1.66. The first kappa shape index (κ1) is 17.5. The number of hydrogen-bond acceptors (Lipinski definition) is 6. The molecule has 0 radical (unpaired) electrons. The van der Waals surface area contributed by atoms with Gasteiger partial charge in [-0.05, 0) is 37.4 Å². The van der Waals surface area contributed by atoms with E-state index >= 15 is 0 Å². The van der Waals surface area contributed by atoms with Crippen molar-refractivity contribution in [2.45, 2.75) is 31.8 Å². The Morgan fingerprint density at radius 2 is 2.27 bits per heavy atom. The molecule has 6 nitrogen and oxygen atoms in total. The lowest BCUT2D eigenvalue weighted by Gasteiger charge is -2.42. The van der Waals surface area contributed by atoms with Crippen LogP contribution in [0.15, 0.2) is 45.4 Å². The number of furan rings is 1. The van der Waals surface area contributed by atoms with Crippen molar-refractivity contribution >= 4 is 23.0 Å². The number of thiophene rings is 1. The molecule has 7 heteroatoms. The van der Waals surface area contributed by atoms with E-state index in [0.717, 1.165) is 22.9 Å². The summed E-state index contributed by atoms with van der Waals surface area (Å²) in [7, 11) is 0. The fraction of sp³-hybridized carbons (Fsp3) is 0.474. The molecule has 1 saturated heterocycles. The molecule has 2 aromatic rings. The number of morpholine rings is 1. The molecule has 1 fully saturated rings. The molecule has 0 aromatic carbocycles. The lowest BCUT2D eigenvalue weighted by Crippen LogP contribution is -2.55. The first-order chi connectivity index (χ1) is 12.5. The van der Waals surface area contributed by atoms with E-state index in [4.69, 9.17) is 9.15 Å². The molecule has 4 heterocycles. The predicted molar refractivity (Wildman–Crippen MR) is 100 cm³/mol. The highest BCUT2D eigenvalue weighted by atomic mass is 32.1. The van der Waals surface area contributed by atoms with Crippen LogP contribution in [0.4, 0.5) is 0 Å². The molecule has 26 heavy (non-hydrogen) atoms. The molecule has 0 aliphatic carbocycles. The van der Waals surface area contributed by atoms with Crippen molar-refractivity contribution in [1.82, 2.24) is 9.91 Å². The lowest BCUT2D eigenvalue weighted by molar-refractivity contribution is -0.139. The van der Waals surface area contributed by atoms with Crippen LogP contribution in [-0.4, -0.2) is 53.4 Å². The van der Waals surface area contributed by atoms with Crippen molar-refractivity contribution in [2.24, 2.45) is 5.10 Å². The van der Waals surface area contributed by atoms with E-state index in [1.165, 1.54) is 0 Å². The third-order valence-electron chi connectivity index (χ3n) is 4.99. The topological polar surface area (TPSA) is 58.3 Å². The van der Waals surface area contributed by atoms with E-state index < -0.39 is 0 Å². The summed E-state index contributed by atoms with van der Waals surface area (Å²) in [5.74, 6) is 0.744. The van der Waals surface area contributed by atoms with Gasteiger partial charge in [-0.3, -0.25) is 9.69 Å². The van der Waals surface area contributed by atoms with Gasteiger partial charge in [-0.1, -0.05) is 6.07 Å². The van der Waals surface area contributed by atoms with Gasteiger partial charge < -0.3 is 9.15 Å². The minimum absolute atomic E-state index is 0.0138. The smallest absolute Gasteiger partial charge is 0.257 e. The summed E-state index contributed by atoms with van der Waals surface area (Å²) < 4.78 is 11.1. The van der Waals surface area contributed by atoms with Crippen LogP contribution < -0.4 is 0 Å². The standard InChI is InChI=1S/C19H23N3O3S/c1-19(2)13-24-9-7-21(19)12-18(23)22-15(17-6-4-10-26-17)11-14(20-22)16-5-3-8-25-16/h3-6,8,10,15H,7,9,11-13H2,1-2H3. The minimum Gasteiger partial charge on any atom is -0.463 e. The number of nitrogens with zero attached hydrogens (tertiary/aromatic N) is 3. The van der Waals surface area contributed by atoms with Gasteiger partial charge in [0.25, 0.3) is 5.91 Å². The Kier molecular flexibility index (Phi) is 4.69. The van der Waals surface area contributed by atoms with Gasteiger partial charge in [-0.25, -0.2) is 5.01 Å². The highest BCUT2D eigenvalue weighted by Gasteiger charge is 2.38. The van der Waals surface area contributed by atoms with Gasteiger partial charge in [0.2, 0.25) is 0 Å². The van der Waals surface area contributed by atoms with Crippen LogP contribution >= 0.6 is 11.3 Å². The summed E-state index contributed by atoms with van der Waals surface area (Å²) in [5, 5.41) is 8.32. The number of hydrogen-bond donors (Lipinski definition) is 0. The monoisotopic (exact) mass is 373 g/mol. The Balaban J connectivity index is 1.57. The van der Waals surface area contributed by atoms with Gasteiger partial charge in [0.05, 0.1) is 32.1 Å². The van der Waals surface area contributed by atoms with Gasteiger partial charge in [0.1, 0.15) is 11.5 Å². The molecule has 1 amide bonds. The SMILES string of the molecule is CC1(C)COCCN1CC(=O)N1N=C(c2ccco2)CC1c1cccs1. The fourth-order valence-electron chi connectivity index (χ4n) is 3.45. The molecule has 2 aliphatic heterocycles. The zero-order chi connectivity index (χ0) is 18.1. The van der Waals surface area contributed by atoms with Crippen molar-refractivity contribution in [1.29, 1.82) is 0 Å². The molecule has 138 valence electrons. The average molecular weight is 373 g/mol. The van der Waals surface area contributed by atoms with Gasteiger partial charge in [0.15, 0.2) is 0 Å². The summed E-state index contributed by atoms with van der Waals surface area (Å²) in [4.78, 5) is 16.5. The number of carbonyl (C=O) groups excluding carboxylic acids is 1. The van der Waals surface area contributed by atoms with Crippen molar-refractivity contribution < 1.29 is 13.9 Å². The summed E-state index contributed by atoms with van der Waals surface area (Å²) in [5.41, 5.74) is 0.669. The average Bonchev–Trinajstić information content (AvgIpc) is 3.36. The van der Waals surface area contributed by atoms with E-state index in [0.29, 0.717) is 26.2 Å². The van der Waals surface area contributed by atoms with Crippen molar-refractivity contribution in [3.8, 4) is 0 Å². The molecule has 4 rings (SSSR count). The molecule has 0 saturated carbocycles. The van der Waals surface area contributed by atoms with Crippen LogP contribution in [0, 0.1) is 0 Å². The first-order valence-corrected chi connectivity index (χ1v) is 9.72. The largest absolute Gasteiger partial charge is 0.463 e. The lowest BCUT2D eigenvalue weighted by atomic mass is 10.0. The van der Waals surface area contributed by atoms with E-state index in [1.807, 2.05) is 23.6 Å². The van der Waals surface area contributed by atoms with E-state index in [9.17, 15) is 4.79 Å². The molecule has 0 spiro atoms. The maximum atomic E-state index is 13.1. The van der Waals surface area contributed by atoms with Crippen LogP contribution in [0.25, 0.3) is 0 Å². The number of rotatable bonds is 4. The van der Waals surface area contributed by atoms with Crippen molar-refractivity contribution in [3.63, 3.8) is 0 Å². The van der Waals surface area contributed by atoms with Crippen LogP contribution in [-0.2, 0) is 9.53 Å². The third-order valence-corrected chi connectivity index (χ3v) is 5.96. The number of hydrazone groups is 1. The zero-order valence-electron chi connectivity index (χ0n) is 15.1. The summed E-state index contributed by atoms with van der Waals surface area (Å²) in [6.45, 7) is 6.61. The maximum Gasteiger partial charge on any atom is 0.257 e. The van der Waals surface area contributed by atoms with Crippen LogP contribution in [0.5, 0.6) is 0 Å². The van der Waals surface area contributed by atoms with Crippen molar-refractivity contribution in [2.75, 3.05) is 26.3 Å². The van der Waals surface area contributed by atoms with Crippen LogP contribution in [0.3, 0.4) is 0 Å². The Labute approximate surface area is 157 Å². The molecule has 0 N–H and O–H groups in total. The molecule has 2 aliphatic rings. The Bertz CT molecular complexity index is 783. The second-order valence-electron chi connectivity index (χ2n) is 7.28. The minimum atomic E-state index is -0.153. The Morgan fingerprint density at radius 1 is 1.38 bits per heavy atom. The number of carbonyl (C=O) groups is 1. The Morgan fingerprint density at radius 3 is 2.96 bits per heavy atom. The van der Waals surface area contributed by atoms with Gasteiger partial charge in [0, 0.05) is 23.4 Å². The third kappa shape index (κ3) is 3.34. The van der Waals surface area contributed by atoms with E-state index in [2.05, 4.69) is 29.9 Å². The number of ether oxygens (including phenoxy) is 1.